The highest BCUT2D eigenvalue weighted by molar-refractivity contribution is 6.14. The summed E-state index contributed by atoms with van der Waals surface area (Å²) in [5.74, 6) is -1.79. The number of hydrogen-bond acceptors (Lipinski definition) is 3. The molecule has 0 atom stereocenters. The van der Waals surface area contributed by atoms with E-state index in [1.165, 1.54) is 0 Å². The number of hydrazone groups is 1. The third kappa shape index (κ3) is 4.64. The van der Waals surface area contributed by atoms with E-state index in [1.807, 2.05) is 61.5 Å². The van der Waals surface area contributed by atoms with Crippen LogP contribution in [0, 0.1) is 6.92 Å². The minimum absolute atomic E-state index is 0.602. The first-order chi connectivity index (χ1) is 11.1. The van der Waals surface area contributed by atoms with Gasteiger partial charge in [-0.25, -0.2) is 10.2 Å². The molecule has 1 amide bonds. The van der Waals surface area contributed by atoms with E-state index < -0.39 is 11.9 Å². The zero-order chi connectivity index (χ0) is 16.7. The summed E-state index contributed by atoms with van der Waals surface area (Å²) >= 11 is 0. The molecule has 0 unspecified atom stereocenters. The molecular formula is C18H16N2O3. The summed E-state index contributed by atoms with van der Waals surface area (Å²) in [4.78, 5) is 22.1. The van der Waals surface area contributed by atoms with Gasteiger partial charge in [-0.3, -0.25) is 4.79 Å². The molecule has 0 bridgehead atoms. The first kappa shape index (κ1) is 16.2. The van der Waals surface area contributed by atoms with E-state index in [9.17, 15) is 9.59 Å². The van der Waals surface area contributed by atoms with Crippen molar-refractivity contribution in [2.24, 2.45) is 5.10 Å². The Bertz CT molecular complexity index is 765. The third-order valence-electron chi connectivity index (χ3n) is 3.10. The first-order valence-corrected chi connectivity index (χ1v) is 6.98. The summed E-state index contributed by atoms with van der Waals surface area (Å²) in [7, 11) is 0. The van der Waals surface area contributed by atoms with Crippen LogP contribution in [0.1, 0.15) is 16.7 Å². The molecule has 2 rings (SSSR count). The number of carboxylic acids is 1. The Kier molecular flexibility index (Phi) is 5.41. The number of nitrogens with one attached hydrogen (secondary N) is 1. The fraction of sp³-hybridized carbons (Fsp3) is 0.0556. The van der Waals surface area contributed by atoms with Crippen LogP contribution >= 0.6 is 0 Å². The van der Waals surface area contributed by atoms with Crippen LogP contribution in [0.4, 0.5) is 0 Å². The van der Waals surface area contributed by atoms with Gasteiger partial charge in [-0.15, -0.1) is 0 Å². The van der Waals surface area contributed by atoms with Crippen molar-refractivity contribution in [1.29, 1.82) is 0 Å². The van der Waals surface area contributed by atoms with E-state index in [0.717, 1.165) is 28.8 Å². The average molecular weight is 308 g/mol. The number of carbonyl (C=O) groups is 2. The van der Waals surface area contributed by atoms with Gasteiger partial charge in [-0.2, -0.15) is 5.10 Å². The summed E-state index contributed by atoms with van der Waals surface area (Å²) in [6.45, 7) is 1.96. The molecular weight excluding hydrogens is 292 g/mol. The highest BCUT2D eigenvalue weighted by Crippen LogP contribution is 2.14. The molecule has 23 heavy (non-hydrogen) atoms. The normalized spacial score (nSPS) is 11.4. The number of amides is 1. The van der Waals surface area contributed by atoms with Crippen molar-refractivity contribution in [2.75, 3.05) is 0 Å². The summed E-state index contributed by atoms with van der Waals surface area (Å²) < 4.78 is 0. The van der Waals surface area contributed by atoms with Gasteiger partial charge in [0.1, 0.15) is 0 Å². The van der Waals surface area contributed by atoms with Gasteiger partial charge in [-0.05, 0) is 12.5 Å². The molecule has 5 heteroatoms. The Morgan fingerprint density at radius 2 is 1.65 bits per heavy atom. The molecule has 0 aliphatic carbocycles. The van der Waals surface area contributed by atoms with E-state index >= 15 is 0 Å². The van der Waals surface area contributed by atoms with Crippen molar-refractivity contribution in [2.45, 2.75) is 6.92 Å². The van der Waals surface area contributed by atoms with E-state index in [4.69, 9.17) is 5.11 Å². The van der Waals surface area contributed by atoms with E-state index in [-0.39, 0.29) is 0 Å². The molecule has 0 fully saturated rings. The minimum Gasteiger partial charge on any atom is -0.478 e. The monoisotopic (exact) mass is 308 g/mol. The van der Waals surface area contributed by atoms with Gasteiger partial charge < -0.3 is 5.11 Å². The molecule has 2 N–H and O–H groups in total. The molecule has 116 valence electrons. The Labute approximate surface area is 134 Å². The smallest absolute Gasteiger partial charge is 0.328 e. The van der Waals surface area contributed by atoms with Crippen molar-refractivity contribution in [1.82, 2.24) is 5.43 Å². The molecule has 0 heterocycles. The second-order valence-corrected chi connectivity index (χ2v) is 4.79. The summed E-state index contributed by atoms with van der Waals surface area (Å²) in [5, 5.41) is 12.7. The lowest BCUT2D eigenvalue weighted by molar-refractivity contribution is -0.131. The molecule has 0 saturated heterocycles. The van der Waals surface area contributed by atoms with Gasteiger partial charge in [0, 0.05) is 23.3 Å². The van der Waals surface area contributed by atoms with Crippen molar-refractivity contribution in [3.63, 3.8) is 0 Å². The maximum Gasteiger partial charge on any atom is 0.328 e. The van der Waals surface area contributed by atoms with Crippen molar-refractivity contribution in [3.8, 4) is 0 Å². The van der Waals surface area contributed by atoms with Crippen LogP contribution in [-0.2, 0) is 9.59 Å². The molecule has 0 aliphatic rings. The average Bonchev–Trinajstić information content (AvgIpc) is 2.55. The van der Waals surface area contributed by atoms with Gasteiger partial charge in [0.25, 0.3) is 5.91 Å². The molecule has 0 aromatic heterocycles. The molecule has 0 saturated carbocycles. The quantitative estimate of drug-likeness (QED) is 0.506. The van der Waals surface area contributed by atoms with Gasteiger partial charge in [0.15, 0.2) is 0 Å². The van der Waals surface area contributed by atoms with Gasteiger partial charge in [0.05, 0.1) is 5.71 Å². The first-order valence-electron chi connectivity index (χ1n) is 6.98. The predicted molar refractivity (Wildman–Crippen MR) is 88.2 cm³/mol. The van der Waals surface area contributed by atoms with Crippen LogP contribution in [0.25, 0.3) is 0 Å². The lowest BCUT2D eigenvalue weighted by atomic mass is 9.98. The molecule has 2 aromatic carbocycles. The summed E-state index contributed by atoms with van der Waals surface area (Å²) in [6.07, 6.45) is 1.69. The van der Waals surface area contributed by atoms with Gasteiger partial charge in [0.2, 0.25) is 0 Å². The van der Waals surface area contributed by atoms with Gasteiger partial charge >= 0.3 is 5.97 Å². The van der Waals surface area contributed by atoms with Crippen LogP contribution < -0.4 is 5.43 Å². The topological polar surface area (TPSA) is 78.8 Å². The van der Waals surface area contributed by atoms with E-state index in [2.05, 4.69) is 10.5 Å². The summed E-state index contributed by atoms with van der Waals surface area (Å²) in [5.41, 5.74) is 5.73. The van der Waals surface area contributed by atoms with Crippen LogP contribution in [0.2, 0.25) is 0 Å². The summed E-state index contributed by atoms with van der Waals surface area (Å²) in [6, 6.07) is 17.1. The molecule has 5 nitrogen and oxygen atoms in total. The predicted octanol–water partition coefficient (Wildman–Crippen LogP) is 2.50. The maximum absolute atomic E-state index is 11.6. The van der Waals surface area contributed by atoms with Crippen molar-refractivity contribution in [3.05, 3.63) is 83.4 Å². The lowest BCUT2D eigenvalue weighted by Crippen LogP contribution is -2.19. The Balaban J connectivity index is 2.35. The number of aliphatic carboxylic acids is 1. The van der Waals surface area contributed by atoms with Crippen LogP contribution in [0.3, 0.4) is 0 Å². The fourth-order valence-corrected chi connectivity index (χ4v) is 2.01. The number of aryl methyl sites for hydroxylation is 1. The van der Waals surface area contributed by atoms with E-state index in [0.29, 0.717) is 5.71 Å². The SMILES string of the molecule is Cc1ccccc1/C(=N\NC(=O)/C=C\C(=O)O)c1ccccc1. The van der Waals surface area contributed by atoms with Crippen LogP contribution in [0.5, 0.6) is 0 Å². The standard InChI is InChI=1S/C18H16N2O3/c1-13-7-5-6-10-15(13)18(14-8-3-2-4-9-14)20-19-16(21)11-12-17(22)23/h2-12H,1H3,(H,19,21)(H,22,23)/b12-11-,20-18-. The Morgan fingerprint density at radius 3 is 2.30 bits per heavy atom. The largest absolute Gasteiger partial charge is 0.478 e. The maximum atomic E-state index is 11.6. The zero-order valence-corrected chi connectivity index (χ0v) is 12.6. The number of carbonyl (C=O) groups excluding carboxylic acids is 1. The van der Waals surface area contributed by atoms with Crippen LogP contribution in [0.15, 0.2) is 71.9 Å². The molecule has 0 radical (unpaired) electrons. The number of nitrogens with zero attached hydrogens (tertiary/aromatic N) is 1. The number of benzene rings is 2. The fourth-order valence-electron chi connectivity index (χ4n) is 2.01. The molecule has 0 aliphatic heterocycles. The number of carboxylic acid groups (broad SMARTS) is 1. The Hall–Kier alpha value is -3.21. The highest BCUT2D eigenvalue weighted by Gasteiger charge is 2.09. The second-order valence-electron chi connectivity index (χ2n) is 4.79. The Morgan fingerprint density at radius 1 is 1.00 bits per heavy atom. The lowest BCUT2D eigenvalue weighted by Gasteiger charge is -2.10. The minimum atomic E-state index is -1.19. The zero-order valence-electron chi connectivity index (χ0n) is 12.6. The van der Waals surface area contributed by atoms with Crippen molar-refractivity contribution >= 4 is 17.6 Å². The molecule has 2 aromatic rings. The van der Waals surface area contributed by atoms with Crippen LogP contribution in [-0.4, -0.2) is 22.7 Å². The highest BCUT2D eigenvalue weighted by atomic mass is 16.4. The third-order valence-corrected chi connectivity index (χ3v) is 3.10. The van der Waals surface area contributed by atoms with Crippen molar-refractivity contribution < 1.29 is 14.7 Å². The molecule has 0 spiro atoms. The second kappa shape index (κ2) is 7.70. The number of hydrogen-bond donors (Lipinski definition) is 2. The van der Waals surface area contributed by atoms with Gasteiger partial charge in [-0.1, -0.05) is 54.6 Å². The van der Waals surface area contributed by atoms with E-state index in [1.54, 1.807) is 0 Å². The number of rotatable bonds is 5.